The van der Waals surface area contributed by atoms with Crippen molar-refractivity contribution >= 4 is 28.8 Å². The van der Waals surface area contributed by atoms with Crippen LogP contribution in [-0.2, 0) is 19.4 Å². The summed E-state index contributed by atoms with van der Waals surface area (Å²) in [6, 6.07) is 13.4. The molecule has 4 nitrogen and oxygen atoms in total. The van der Waals surface area contributed by atoms with E-state index in [-0.39, 0.29) is 5.91 Å². The molecule has 0 saturated heterocycles. The van der Waals surface area contributed by atoms with Gasteiger partial charge in [0.1, 0.15) is 4.88 Å². The first kappa shape index (κ1) is 17.6. The highest BCUT2D eigenvalue weighted by Gasteiger charge is 2.15. The highest BCUT2D eigenvalue weighted by molar-refractivity contribution is 7.13. The van der Waals surface area contributed by atoms with Gasteiger partial charge in [-0.25, -0.2) is 4.98 Å². The average Bonchev–Trinajstić information content (AvgIpc) is 3.01. The number of hydrogen-bond acceptors (Lipinski definition) is 4. The summed E-state index contributed by atoms with van der Waals surface area (Å²) in [6.45, 7) is 2.27. The Labute approximate surface area is 155 Å². The number of thiazole rings is 1. The van der Waals surface area contributed by atoms with Crippen molar-refractivity contribution < 1.29 is 4.79 Å². The number of aryl methyl sites for hydroxylation is 3. The fraction of sp³-hybridized carbons (Fsp3) is 0.211. The van der Waals surface area contributed by atoms with Gasteiger partial charge in [0.2, 0.25) is 0 Å². The summed E-state index contributed by atoms with van der Waals surface area (Å²) in [5.41, 5.74) is 2.69. The number of pyridine rings is 1. The lowest BCUT2D eigenvalue weighted by molar-refractivity contribution is 0.0954. The monoisotopic (exact) mass is 371 g/mol. The first-order valence-corrected chi connectivity index (χ1v) is 9.21. The van der Waals surface area contributed by atoms with E-state index in [1.807, 2.05) is 49.4 Å². The van der Waals surface area contributed by atoms with E-state index >= 15 is 0 Å². The quantitative estimate of drug-likeness (QED) is 0.706. The first-order valence-electron chi connectivity index (χ1n) is 8.01. The molecule has 128 valence electrons. The maximum Gasteiger partial charge on any atom is 0.263 e. The van der Waals surface area contributed by atoms with Crippen LogP contribution in [0.1, 0.15) is 31.6 Å². The van der Waals surface area contributed by atoms with E-state index in [0.29, 0.717) is 16.4 Å². The number of hydrogen-bond donors (Lipinski definition) is 1. The SMILES string of the molecule is Cc1nc(CCc2ccccn2)sc1C(=O)NCc1ccccc1Cl. The van der Waals surface area contributed by atoms with Crippen LogP contribution in [0, 0.1) is 6.92 Å². The van der Waals surface area contributed by atoms with Crippen molar-refractivity contribution in [2.75, 3.05) is 0 Å². The predicted octanol–water partition coefficient (Wildman–Crippen LogP) is 4.22. The summed E-state index contributed by atoms with van der Waals surface area (Å²) in [5, 5.41) is 4.52. The van der Waals surface area contributed by atoms with Gasteiger partial charge in [0.25, 0.3) is 5.91 Å². The van der Waals surface area contributed by atoms with E-state index in [2.05, 4.69) is 15.3 Å². The molecule has 0 spiro atoms. The molecule has 3 rings (SSSR count). The molecule has 2 aromatic heterocycles. The lowest BCUT2D eigenvalue weighted by atomic mass is 10.2. The Morgan fingerprint density at radius 2 is 1.96 bits per heavy atom. The number of nitrogens with one attached hydrogen (secondary N) is 1. The van der Waals surface area contributed by atoms with Crippen molar-refractivity contribution in [3.63, 3.8) is 0 Å². The Kier molecular flexibility index (Phi) is 5.79. The van der Waals surface area contributed by atoms with Crippen molar-refractivity contribution in [1.29, 1.82) is 0 Å². The number of rotatable bonds is 6. The Balaban J connectivity index is 1.61. The van der Waals surface area contributed by atoms with E-state index in [1.54, 1.807) is 6.20 Å². The smallest absolute Gasteiger partial charge is 0.263 e. The molecule has 0 radical (unpaired) electrons. The van der Waals surface area contributed by atoms with Gasteiger partial charge in [0.05, 0.1) is 10.7 Å². The average molecular weight is 372 g/mol. The summed E-state index contributed by atoms with van der Waals surface area (Å²) in [7, 11) is 0. The minimum absolute atomic E-state index is 0.112. The number of carbonyl (C=O) groups excluding carboxylic acids is 1. The molecule has 6 heteroatoms. The van der Waals surface area contributed by atoms with Crippen LogP contribution in [0.15, 0.2) is 48.7 Å². The molecule has 0 unspecified atom stereocenters. The van der Waals surface area contributed by atoms with Crippen molar-refractivity contribution in [3.8, 4) is 0 Å². The van der Waals surface area contributed by atoms with E-state index in [0.717, 1.165) is 34.8 Å². The molecule has 0 aliphatic heterocycles. The van der Waals surface area contributed by atoms with Gasteiger partial charge in [0.15, 0.2) is 0 Å². The molecule has 0 atom stereocenters. The Bertz CT molecular complexity index is 864. The largest absolute Gasteiger partial charge is 0.347 e. The summed E-state index contributed by atoms with van der Waals surface area (Å²) in [4.78, 5) is 21.9. The maximum atomic E-state index is 12.4. The summed E-state index contributed by atoms with van der Waals surface area (Å²) in [6.07, 6.45) is 3.38. The zero-order valence-corrected chi connectivity index (χ0v) is 15.4. The second-order valence-corrected chi connectivity index (χ2v) is 7.11. The lowest BCUT2D eigenvalue weighted by Crippen LogP contribution is -2.22. The molecule has 2 heterocycles. The van der Waals surface area contributed by atoms with Crippen LogP contribution >= 0.6 is 22.9 Å². The number of benzene rings is 1. The minimum Gasteiger partial charge on any atom is -0.347 e. The zero-order chi connectivity index (χ0) is 17.6. The van der Waals surface area contributed by atoms with E-state index in [1.165, 1.54) is 11.3 Å². The molecule has 0 fully saturated rings. The highest BCUT2D eigenvalue weighted by Crippen LogP contribution is 2.20. The van der Waals surface area contributed by atoms with Crippen LogP contribution in [0.2, 0.25) is 5.02 Å². The van der Waals surface area contributed by atoms with Crippen LogP contribution < -0.4 is 5.32 Å². The number of carbonyl (C=O) groups is 1. The van der Waals surface area contributed by atoms with E-state index in [4.69, 9.17) is 11.6 Å². The summed E-state index contributed by atoms with van der Waals surface area (Å²) in [5.74, 6) is -0.112. The molecular weight excluding hydrogens is 354 g/mol. The molecule has 3 aromatic rings. The Morgan fingerprint density at radius 1 is 1.16 bits per heavy atom. The lowest BCUT2D eigenvalue weighted by Gasteiger charge is -2.05. The molecule has 0 bridgehead atoms. The van der Waals surface area contributed by atoms with Gasteiger partial charge in [0, 0.05) is 29.9 Å². The third kappa shape index (κ3) is 4.65. The van der Waals surface area contributed by atoms with Crippen LogP contribution in [0.4, 0.5) is 0 Å². The van der Waals surface area contributed by atoms with Crippen LogP contribution in [0.5, 0.6) is 0 Å². The number of nitrogens with zero attached hydrogens (tertiary/aromatic N) is 2. The van der Waals surface area contributed by atoms with Gasteiger partial charge in [-0.2, -0.15) is 0 Å². The van der Waals surface area contributed by atoms with Gasteiger partial charge in [-0.05, 0) is 37.1 Å². The van der Waals surface area contributed by atoms with E-state index in [9.17, 15) is 4.79 Å². The third-order valence-electron chi connectivity index (χ3n) is 3.77. The van der Waals surface area contributed by atoms with Gasteiger partial charge in [-0.1, -0.05) is 35.9 Å². The van der Waals surface area contributed by atoms with Gasteiger partial charge in [-0.15, -0.1) is 11.3 Å². The van der Waals surface area contributed by atoms with Gasteiger partial charge >= 0.3 is 0 Å². The number of amides is 1. The van der Waals surface area contributed by atoms with Gasteiger partial charge in [-0.3, -0.25) is 9.78 Å². The number of aromatic nitrogens is 2. The Morgan fingerprint density at radius 3 is 2.72 bits per heavy atom. The van der Waals surface area contributed by atoms with E-state index < -0.39 is 0 Å². The fourth-order valence-corrected chi connectivity index (χ4v) is 3.63. The zero-order valence-electron chi connectivity index (χ0n) is 13.8. The molecule has 0 saturated carbocycles. The second kappa shape index (κ2) is 8.23. The van der Waals surface area contributed by atoms with Crippen molar-refractivity contribution in [3.05, 3.63) is 80.5 Å². The molecule has 1 amide bonds. The topological polar surface area (TPSA) is 54.9 Å². The number of halogens is 1. The van der Waals surface area contributed by atoms with Crippen molar-refractivity contribution in [2.24, 2.45) is 0 Å². The minimum atomic E-state index is -0.112. The molecular formula is C19H18ClN3OS. The standard InChI is InChI=1S/C19H18ClN3OS/c1-13-18(19(24)22-12-14-6-2-3-8-16(14)20)25-17(23-13)10-9-15-7-4-5-11-21-15/h2-8,11H,9-10,12H2,1H3,(H,22,24). The molecule has 0 aliphatic rings. The first-order chi connectivity index (χ1) is 12.1. The normalized spacial score (nSPS) is 10.6. The fourth-order valence-electron chi connectivity index (χ4n) is 2.45. The van der Waals surface area contributed by atoms with Crippen LogP contribution in [0.3, 0.4) is 0 Å². The van der Waals surface area contributed by atoms with Crippen molar-refractivity contribution in [1.82, 2.24) is 15.3 Å². The molecule has 1 aromatic carbocycles. The predicted molar refractivity (Wildman–Crippen MR) is 101 cm³/mol. The van der Waals surface area contributed by atoms with Crippen LogP contribution in [-0.4, -0.2) is 15.9 Å². The molecule has 1 N–H and O–H groups in total. The van der Waals surface area contributed by atoms with Crippen LogP contribution in [0.25, 0.3) is 0 Å². The highest BCUT2D eigenvalue weighted by atomic mass is 35.5. The molecule has 0 aliphatic carbocycles. The Hall–Kier alpha value is -2.24. The molecule has 25 heavy (non-hydrogen) atoms. The summed E-state index contributed by atoms with van der Waals surface area (Å²) < 4.78 is 0. The van der Waals surface area contributed by atoms with Gasteiger partial charge < -0.3 is 5.32 Å². The summed E-state index contributed by atoms with van der Waals surface area (Å²) >= 11 is 7.56. The van der Waals surface area contributed by atoms with Crippen molar-refractivity contribution in [2.45, 2.75) is 26.3 Å². The maximum absolute atomic E-state index is 12.4. The third-order valence-corrected chi connectivity index (χ3v) is 5.35. The second-order valence-electron chi connectivity index (χ2n) is 5.62.